The zero-order chi connectivity index (χ0) is 30.5. The third-order valence-electron chi connectivity index (χ3n) is 8.61. The van der Waals surface area contributed by atoms with Gasteiger partial charge in [-0.3, -0.25) is 0 Å². The number of rotatable bonds is 5. The number of aromatic nitrogens is 3. The molecule has 216 valence electrons. The van der Waals surface area contributed by atoms with E-state index >= 15 is 0 Å². The fourth-order valence-corrected chi connectivity index (χ4v) is 7.44. The molecule has 0 atom stereocenters. The van der Waals surface area contributed by atoms with Gasteiger partial charge in [-0.2, -0.15) is 0 Å². The first-order valence-electron chi connectivity index (χ1n) is 15.4. The van der Waals surface area contributed by atoms with Crippen LogP contribution in [0.5, 0.6) is 0 Å². The highest BCUT2D eigenvalue weighted by Crippen LogP contribution is 2.38. The van der Waals surface area contributed by atoms with E-state index in [2.05, 4.69) is 168 Å². The predicted molar refractivity (Wildman–Crippen MR) is 193 cm³/mol. The van der Waals surface area contributed by atoms with Crippen molar-refractivity contribution in [2.45, 2.75) is 0 Å². The van der Waals surface area contributed by atoms with E-state index in [9.17, 15) is 0 Å². The van der Waals surface area contributed by atoms with Gasteiger partial charge in [-0.05, 0) is 77.2 Å². The van der Waals surface area contributed by atoms with Gasteiger partial charge in [0.15, 0.2) is 5.82 Å². The minimum atomic E-state index is 0.716. The Hall–Kier alpha value is -5.84. The Bertz CT molecular complexity index is 2490. The lowest BCUT2D eigenvalue weighted by atomic mass is 10.0. The fourth-order valence-electron chi connectivity index (χ4n) is 6.41. The van der Waals surface area contributed by atoms with E-state index in [-0.39, 0.29) is 0 Å². The molecule has 3 heterocycles. The van der Waals surface area contributed by atoms with Crippen LogP contribution in [0.4, 0.5) is 0 Å². The van der Waals surface area contributed by atoms with Gasteiger partial charge >= 0.3 is 0 Å². The van der Waals surface area contributed by atoms with Crippen molar-refractivity contribution in [3.63, 3.8) is 0 Å². The molecule has 9 aromatic rings. The Morgan fingerprint density at radius 3 is 2.00 bits per heavy atom. The molecule has 4 heteroatoms. The summed E-state index contributed by atoms with van der Waals surface area (Å²) in [5.74, 6) is 0.716. The van der Waals surface area contributed by atoms with Crippen LogP contribution in [0.25, 0.3) is 81.9 Å². The van der Waals surface area contributed by atoms with E-state index in [1.165, 1.54) is 31.9 Å². The van der Waals surface area contributed by atoms with Crippen molar-refractivity contribution in [1.29, 1.82) is 0 Å². The molecule has 0 amide bonds. The van der Waals surface area contributed by atoms with Crippen molar-refractivity contribution < 1.29 is 0 Å². The first-order chi connectivity index (χ1) is 22.8. The molecule has 0 aliphatic heterocycles. The smallest absolute Gasteiger partial charge is 0.160 e. The van der Waals surface area contributed by atoms with E-state index in [0.29, 0.717) is 5.82 Å². The van der Waals surface area contributed by atoms with Crippen molar-refractivity contribution in [3.05, 3.63) is 164 Å². The molecule has 0 aliphatic carbocycles. The van der Waals surface area contributed by atoms with E-state index in [1.807, 2.05) is 0 Å². The van der Waals surface area contributed by atoms with Crippen LogP contribution in [0.15, 0.2) is 164 Å². The summed E-state index contributed by atoms with van der Waals surface area (Å²) < 4.78 is 3.59. The number of fused-ring (bicyclic) bond motifs is 4. The van der Waals surface area contributed by atoms with Gasteiger partial charge in [-0.25, -0.2) is 9.97 Å². The Labute approximate surface area is 270 Å². The largest absolute Gasteiger partial charge is 0.309 e. The van der Waals surface area contributed by atoms with Gasteiger partial charge in [0.05, 0.1) is 27.3 Å². The molecule has 0 fully saturated rings. The van der Waals surface area contributed by atoms with Crippen LogP contribution in [0, 0.1) is 0 Å². The standard InChI is InChI=1S/C42H27N3S/c1-3-12-28(13-4-1)29-15-11-16-30(24-29)36-27-37(41-26-31-14-7-10-21-40(31)46-41)44-42(43-36)32-22-23-39-35(25-32)34-19-8-9-20-38(34)45(39)33-17-5-2-6-18-33/h1-27H. The number of hydrogen-bond acceptors (Lipinski definition) is 3. The van der Waals surface area contributed by atoms with Gasteiger partial charge in [0, 0.05) is 32.3 Å². The first kappa shape index (κ1) is 26.6. The van der Waals surface area contributed by atoms with Gasteiger partial charge in [0.1, 0.15) is 0 Å². The molecule has 0 aliphatic rings. The second kappa shape index (κ2) is 11.0. The molecule has 0 unspecified atom stereocenters. The van der Waals surface area contributed by atoms with Crippen molar-refractivity contribution in [2.75, 3.05) is 0 Å². The summed E-state index contributed by atoms with van der Waals surface area (Å²) in [5, 5.41) is 3.62. The quantitative estimate of drug-likeness (QED) is 0.195. The van der Waals surface area contributed by atoms with Crippen LogP contribution in [0.3, 0.4) is 0 Å². The molecular weight excluding hydrogens is 579 g/mol. The summed E-state index contributed by atoms with van der Waals surface area (Å²) in [7, 11) is 0. The minimum absolute atomic E-state index is 0.716. The molecular formula is C42H27N3S. The van der Waals surface area contributed by atoms with Crippen molar-refractivity contribution in [3.8, 4) is 50.0 Å². The second-order valence-electron chi connectivity index (χ2n) is 11.5. The number of benzene rings is 6. The molecule has 0 N–H and O–H groups in total. The maximum absolute atomic E-state index is 5.23. The minimum Gasteiger partial charge on any atom is -0.309 e. The average Bonchev–Trinajstić information content (AvgIpc) is 3.72. The Morgan fingerprint density at radius 2 is 1.13 bits per heavy atom. The molecule has 0 radical (unpaired) electrons. The first-order valence-corrected chi connectivity index (χ1v) is 16.2. The number of hydrogen-bond donors (Lipinski definition) is 0. The highest BCUT2D eigenvalue weighted by molar-refractivity contribution is 7.22. The van der Waals surface area contributed by atoms with Gasteiger partial charge < -0.3 is 4.57 Å². The summed E-state index contributed by atoms with van der Waals surface area (Å²) in [6, 6.07) is 57.8. The van der Waals surface area contributed by atoms with Crippen LogP contribution >= 0.6 is 11.3 Å². The van der Waals surface area contributed by atoms with Crippen molar-refractivity contribution in [1.82, 2.24) is 14.5 Å². The highest BCUT2D eigenvalue weighted by atomic mass is 32.1. The molecule has 0 bridgehead atoms. The molecule has 0 spiro atoms. The molecule has 6 aromatic carbocycles. The number of thiophene rings is 1. The highest BCUT2D eigenvalue weighted by Gasteiger charge is 2.17. The SMILES string of the molecule is c1ccc(-c2cccc(-c3cc(-c4cc5ccccc5s4)nc(-c4ccc5c(c4)c4ccccc4n5-c4ccccc4)n3)c2)cc1. The van der Waals surface area contributed by atoms with Crippen LogP contribution < -0.4 is 0 Å². The van der Waals surface area contributed by atoms with Gasteiger partial charge in [-0.1, -0.05) is 103 Å². The zero-order valence-electron chi connectivity index (χ0n) is 24.8. The molecule has 3 aromatic heterocycles. The van der Waals surface area contributed by atoms with E-state index in [1.54, 1.807) is 11.3 Å². The lowest BCUT2D eigenvalue weighted by Gasteiger charge is -2.11. The predicted octanol–water partition coefficient (Wildman–Crippen LogP) is 11.5. The third kappa shape index (κ3) is 4.59. The Balaban J connectivity index is 1.25. The summed E-state index contributed by atoms with van der Waals surface area (Å²) in [6.45, 7) is 0. The topological polar surface area (TPSA) is 30.7 Å². The van der Waals surface area contributed by atoms with Crippen LogP contribution in [-0.2, 0) is 0 Å². The molecule has 0 saturated heterocycles. The molecule has 46 heavy (non-hydrogen) atoms. The number of para-hydroxylation sites is 2. The zero-order valence-corrected chi connectivity index (χ0v) is 25.7. The lowest BCUT2D eigenvalue weighted by Crippen LogP contribution is -1.96. The van der Waals surface area contributed by atoms with Crippen LogP contribution in [-0.4, -0.2) is 14.5 Å². The maximum atomic E-state index is 5.23. The number of nitrogens with zero attached hydrogens (tertiary/aromatic N) is 3. The van der Waals surface area contributed by atoms with E-state index in [0.717, 1.165) is 44.2 Å². The summed E-state index contributed by atoms with van der Waals surface area (Å²) in [5.41, 5.74) is 9.72. The maximum Gasteiger partial charge on any atom is 0.160 e. The summed E-state index contributed by atoms with van der Waals surface area (Å²) in [4.78, 5) is 11.6. The van der Waals surface area contributed by atoms with Gasteiger partial charge in [0.25, 0.3) is 0 Å². The molecule has 0 saturated carbocycles. The second-order valence-corrected chi connectivity index (χ2v) is 12.6. The molecule has 9 rings (SSSR count). The van der Waals surface area contributed by atoms with Crippen LogP contribution in [0.2, 0.25) is 0 Å². The summed E-state index contributed by atoms with van der Waals surface area (Å²) in [6.07, 6.45) is 0. The summed E-state index contributed by atoms with van der Waals surface area (Å²) >= 11 is 1.77. The monoisotopic (exact) mass is 605 g/mol. The lowest BCUT2D eigenvalue weighted by molar-refractivity contribution is 1.17. The third-order valence-corrected chi connectivity index (χ3v) is 9.75. The Morgan fingerprint density at radius 1 is 0.435 bits per heavy atom. The molecule has 3 nitrogen and oxygen atoms in total. The normalized spacial score (nSPS) is 11.5. The average molecular weight is 606 g/mol. The Kier molecular flexibility index (Phi) is 6.32. The van der Waals surface area contributed by atoms with E-state index < -0.39 is 0 Å². The van der Waals surface area contributed by atoms with Gasteiger partial charge in [0.2, 0.25) is 0 Å². The fraction of sp³-hybridized carbons (Fsp3) is 0. The van der Waals surface area contributed by atoms with Gasteiger partial charge in [-0.15, -0.1) is 11.3 Å². The van der Waals surface area contributed by atoms with Crippen LogP contribution in [0.1, 0.15) is 0 Å². The van der Waals surface area contributed by atoms with Crippen molar-refractivity contribution in [2.24, 2.45) is 0 Å². The van der Waals surface area contributed by atoms with E-state index in [4.69, 9.17) is 9.97 Å². The van der Waals surface area contributed by atoms with Crippen molar-refractivity contribution >= 4 is 43.2 Å².